The van der Waals surface area contributed by atoms with E-state index in [0.717, 1.165) is 38.3 Å². The summed E-state index contributed by atoms with van der Waals surface area (Å²) in [6.07, 6.45) is 3.10. The number of hydrogen-bond donors (Lipinski definition) is 2. The van der Waals surface area contributed by atoms with Crippen molar-refractivity contribution in [1.82, 2.24) is 5.32 Å². The number of benzene rings is 1. The van der Waals surface area contributed by atoms with Gasteiger partial charge in [-0.15, -0.1) is 0 Å². The van der Waals surface area contributed by atoms with Crippen LogP contribution in [0.2, 0.25) is 0 Å². The van der Waals surface area contributed by atoms with E-state index in [9.17, 15) is 0 Å². The summed E-state index contributed by atoms with van der Waals surface area (Å²) >= 11 is 0. The molecule has 1 atom stereocenters. The van der Waals surface area contributed by atoms with E-state index in [1.807, 2.05) is 0 Å². The molecule has 0 spiro atoms. The van der Waals surface area contributed by atoms with Crippen LogP contribution in [0.15, 0.2) is 18.2 Å². The molecule has 3 heteroatoms. The number of fused-ring (bicyclic) bond motifs is 1. The Labute approximate surface area is 122 Å². The van der Waals surface area contributed by atoms with Crippen LogP contribution in [0.25, 0.3) is 0 Å². The zero-order valence-corrected chi connectivity index (χ0v) is 12.7. The Balaban J connectivity index is 1.79. The third-order valence-corrected chi connectivity index (χ3v) is 3.86. The molecule has 112 valence electrons. The van der Waals surface area contributed by atoms with E-state index in [4.69, 9.17) is 9.84 Å². The predicted molar refractivity (Wildman–Crippen MR) is 82.0 cm³/mol. The van der Waals surface area contributed by atoms with E-state index < -0.39 is 0 Å². The second kappa shape index (κ2) is 7.65. The highest BCUT2D eigenvalue weighted by molar-refractivity contribution is 5.39. The fraction of sp³-hybridized carbons (Fsp3) is 0.647. The third-order valence-electron chi connectivity index (χ3n) is 3.86. The number of rotatable bonds is 8. The minimum Gasteiger partial charge on any atom is -0.493 e. The molecule has 0 saturated carbocycles. The number of aliphatic hydroxyl groups excluding tert-OH is 1. The smallest absolute Gasteiger partial charge is 0.122 e. The van der Waals surface area contributed by atoms with Crippen LogP contribution in [0, 0.1) is 11.8 Å². The molecule has 1 aliphatic rings. The molecule has 0 fully saturated rings. The summed E-state index contributed by atoms with van der Waals surface area (Å²) in [6.45, 7) is 7.46. The Bertz CT molecular complexity index is 417. The standard InChI is InChI=1S/C17H27NO2/c1-13(2)9-15(5-7-19)12-18-11-14-3-4-17-16(10-14)6-8-20-17/h3-4,10,13,15,18-19H,5-9,11-12H2,1-2H3. The summed E-state index contributed by atoms with van der Waals surface area (Å²) in [6, 6.07) is 6.47. The van der Waals surface area contributed by atoms with Gasteiger partial charge >= 0.3 is 0 Å². The Hall–Kier alpha value is -1.06. The molecule has 0 aliphatic carbocycles. The molecule has 1 aromatic rings. The SMILES string of the molecule is CC(C)CC(CCO)CNCc1ccc2c(c1)CCO2. The van der Waals surface area contributed by atoms with Gasteiger partial charge in [-0.1, -0.05) is 26.0 Å². The van der Waals surface area contributed by atoms with E-state index in [2.05, 4.69) is 37.4 Å². The molecule has 0 radical (unpaired) electrons. The lowest BCUT2D eigenvalue weighted by Crippen LogP contribution is -2.24. The van der Waals surface area contributed by atoms with Gasteiger partial charge in [-0.05, 0) is 48.4 Å². The zero-order chi connectivity index (χ0) is 14.4. The minimum atomic E-state index is 0.287. The van der Waals surface area contributed by atoms with Gasteiger partial charge in [0, 0.05) is 19.6 Å². The van der Waals surface area contributed by atoms with Gasteiger partial charge in [0.25, 0.3) is 0 Å². The number of ether oxygens (including phenoxy) is 1. The average molecular weight is 277 g/mol. The first kappa shape index (κ1) is 15.3. The maximum atomic E-state index is 9.13. The van der Waals surface area contributed by atoms with Crippen molar-refractivity contribution in [2.75, 3.05) is 19.8 Å². The van der Waals surface area contributed by atoms with Crippen LogP contribution in [-0.4, -0.2) is 24.9 Å². The van der Waals surface area contributed by atoms with Crippen molar-refractivity contribution in [3.63, 3.8) is 0 Å². The van der Waals surface area contributed by atoms with Crippen LogP contribution in [0.4, 0.5) is 0 Å². The molecule has 1 unspecified atom stereocenters. The zero-order valence-electron chi connectivity index (χ0n) is 12.7. The van der Waals surface area contributed by atoms with Gasteiger partial charge in [0.2, 0.25) is 0 Å². The number of nitrogens with one attached hydrogen (secondary N) is 1. The first-order valence-electron chi connectivity index (χ1n) is 7.75. The van der Waals surface area contributed by atoms with Crippen molar-refractivity contribution >= 4 is 0 Å². The van der Waals surface area contributed by atoms with Crippen molar-refractivity contribution in [2.24, 2.45) is 11.8 Å². The third kappa shape index (κ3) is 4.50. The summed E-state index contributed by atoms with van der Waals surface area (Å²) < 4.78 is 5.52. The highest BCUT2D eigenvalue weighted by Crippen LogP contribution is 2.25. The Morgan fingerprint density at radius 2 is 2.20 bits per heavy atom. The summed E-state index contributed by atoms with van der Waals surface area (Å²) in [5, 5.41) is 12.7. The molecule has 3 nitrogen and oxygen atoms in total. The quantitative estimate of drug-likeness (QED) is 0.768. The largest absolute Gasteiger partial charge is 0.493 e. The highest BCUT2D eigenvalue weighted by Gasteiger charge is 2.13. The van der Waals surface area contributed by atoms with Gasteiger partial charge in [0.15, 0.2) is 0 Å². The molecule has 2 N–H and O–H groups in total. The van der Waals surface area contributed by atoms with Gasteiger partial charge < -0.3 is 15.2 Å². The van der Waals surface area contributed by atoms with Crippen LogP contribution in [-0.2, 0) is 13.0 Å². The van der Waals surface area contributed by atoms with Gasteiger partial charge in [0.1, 0.15) is 5.75 Å². The molecular weight excluding hydrogens is 250 g/mol. The molecule has 0 bridgehead atoms. The van der Waals surface area contributed by atoms with Crippen LogP contribution >= 0.6 is 0 Å². The van der Waals surface area contributed by atoms with Gasteiger partial charge in [-0.25, -0.2) is 0 Å². The maximum Gasteiger partial charge on any atom is 0.122 e. The van der Waals surface area contributed by atoms with Crippen molar-refractivity contribution in [1.29, 1.82) is 0 Å². The van der Waals surface area contributed by atoms with E-state index >= 15 is 0 Å². The highest BCUT2D eigenvalue weighted by atomic mass is 16.5. The molecule has 0 amide bonds. The monoisotopic (exact) mass is 277 g/mol. The lowest BCUT2D eigenvalue weighted by Gasteiger charge is -2.18. The molecular formula is C17H27NO2. The molecule has 0 saturated heterocycles. The Kier molecular flexibility index (Phi) is 5.86. The van der Waals surface area contributed by atoms with Crippen LogP contribution < -0.4 is 10.1 Å². The van der Waals surface area contributed by atoms with E-state index in [1.165, 1.54) is 17.5 Å². The minimum absolute atomic E-state index is 0.287. The van der Waals surface area contributed by atoms with E-state index in [1.54, 1.807) is 0 Å². The fourth-order valence-corrected chi connectivity index (χ4v) is 2.92. The summed E-state index contributed by atoms with van der Waals surface area (Å²) in [4.78, 5) is 0. The predicted octanol–water partition coefficient (Wildman–Crippen LogP) is 2.76. The first-order valence-corrected chi connectivity index (χ1v) is 7.75. The number of aliphatic hydroxyl groups is 1. The molecule has 1 aliphatic heterocycles. The number of hydrogen-bond acceptors (Lipinski definition) is 3. The summed E-state index contributed by atoms with van der Waals surface area (Å²) in [5.41, 5.74) is 2.65. The molecule has 1 aromatic carbocycles. The van der Waals surface area contributed by atoms with Crippen molar-refractivity contribution in [2.45, 2.75) is 39.7 Å². The van der Waals surface area contributed by atoms with Gasteiger partial charge in [-0.3, -0.25) is 0 Å². The maximum absolute atomic E-state index is 9.13. The second-order valence-electron chi connectivity index (χ2n) is 6.18. The first-order chi connectivity index (χ1) is 9.69. The average Bonchev–Trinajstić information content (AvgIpc) is 2.85. The fourth-order valence-electron chi connectivity index (χ4n) is 2.92. The lowest BCUT2D eigenvalue weighted by molar-refractivity contribution is 0.239. The Morgan fingerprint density at radius 3 is 2.95 bits per heavy atom. The topological polar surface area (TPSA) is 41.5 Å². The normalized spacial score (nSPS) is 15.2. The van der Waals surface area contributed by atoms with Gasteiger partial charge in [-0.2, -0.15) is 0 Å². The van der Waals surface area contributed by atoms with E-state index in [0.29, 0.717) is 11.8 Å². The molecule has 20 heavy (non-hydrogen) atoms. The van der Waals surface area contributed by atoms with Crippen molar-refractivity contribution in [3.8, 4) is 5.75 Å². The summed E-state index contributed by atoms with van der Waals surface area (Å²) in [7, 11) is 0. The lowest BCUT2D eigenvalue weighted by atomic mass is 9.94. The van der Waals surface area contributed by atoms with Crippen LogP contribution in [0.5, 0.6) is 5.75 Å². The molecule has 1 heterocycles. The van der Waals surface area contributed by atoms with Gasteiger partial charge in [0.05, 0.1) is 6.61 Å². The van der Waals surface area contributed by atoms with Crippen LogP contribution in [0.1, 0.15) is 37.8 Å². The van der Waals surface area contributed by atoms with E-state index in [-0.39, 0.29) is 6.61 Å². The Morgan fingerprint density at radius 1 is 1.35 bits per heavy atom. The van der Waals surface area contributed by atoms with Crippen LogP contribution in [0.3, 0.4) is 0 Å². The second-order valence-corrected chi connectivity index (χ2v) is 6.18. The van der Waals surface area contributed by atoms with Crippen molar-refractivity contribution < 1.29 is 9.84 Å². The van der Waals surface area contributed by atoms with Crippen molar-refractivity contribution in [3.05, 3.63) is 29.3 Å². The summed E-state index contributed by atoms with van der Waals surface area (Å²) in [5.74, 6) is 2.30. The molecule has 2 rings (SSSR count). The molecule has 0 aromatic heterocycles.